The molecule has 2 aromatic rings. The summed E-state index contributed by atoms with van der Waals surface area (Å²) < 4.78 is 11.0. The molecule has 0 radical (unpaired) electrons. The number of rotatable bonds is 4. The molecule has 2 aliphatic rings. The van der Waals surface area contributed by atoms with E-state index in [1.807, 2.05) is 36.3 Å². The Hall–Kier alpha value is -2.35. The van der Waals surface area contributed by atoms with Crippen LogP contribution in [-0.4, -0.2) is 49.1 Å². The fourth-order valence-corrected chi connectivity index (χ4v) is 4.86. The van der Waals surface area contributed by atoms with Crippen LogP contribution in [0.5, 0.6) is 5.75 Å². The van der Waals surface area contributed by atoms with Crippen LogP contribution in [0, 0.1) is 0 Å². The quantitative estimate of drug-likeness (QED) is 0.688. The van der Waals surface area contributed by atoms with Gasteiger partial charge in [0, 0.05) is 18.0 Å². The molecule has 6 nitrogen and oxygen atoms in total. The molecule has 1 aromatic heterocycles. The predicted octanol–water partition coefficient (Wildman–Crippen LogP) is 3.80. The summed E-state index contributed by atoms with van der Waals surface area (Å²) in [4.78, 5) is 30.9. The summed E-state index contributed by atoms with van der Waals surface area (Å²) in [6.07, 6.45) is -0.0774. The highest BCUT2D eigenvalue weighted by Gasteiger charge is 2.44. The molecular weight excluding hydrogens is 412 g/mol. The molecule has 2 unspecified atom stereocenters. The van der Waals surface area contributed by atoms with Gasteiger partial charge in [0.15, 0.2) is 0 Å². The molecule has 1 saturated heterocycles. The molecule has 2 atom stereocenters. The van der Waals surface area contributed by atoms with Gasteiger partial charge in [0.25, 0.3) is 11.8 Å². The lowest BCUT2D eigenvalue weighted by molar-refractivity contribution is -0.121. The Balaban J connectivity index is 1.79. The van der Waals surface area contributed by atoms with Gasteiger partial charge in [-0.15, -0.1) is 11.3 Å². The van der Waals surface area contributed by atoms with E-state index in [1.165, 1.54) is 23.3 Å². The lowest BCUT2D eigenvalue weighted by atomic mass is 10.1. The molecule has 2 amide bonds. The normalized spacial score (nSPS) is 22.6. The first-order chi connectivity index (χ1) is 13.9. The van der Waals surface area contributed by atoms with E-state index >= 15 is 0 Å². The molecule has 0 saturated carbocycles. The maximum atomic E-state index is 13.5. The first-order valence-electron chi connectivity index (χ1n) is 9.31. The number of morpholine rings is 1. The lowest BCUT2D eigenvalue weighted by Crippen LogP contribution is -2.47. The summed E-state index contributed by atoms with van der Waals surface area (Å²) in [5.41, 5.74) is 1.27. The number of imide groups is 1. The number of amides is 2. The van der Waals surface area contributed by atoms with Gasteiger partial charge < -0.3 is 14.4 Å². The smallest absolute Gasteiger partial charge is 0.282 e. The fraction of sp³-hybridized carbons (Fsp3) is 0.333. The Morgan fingerprint density at radius 1 is 1.14 bits per heavy atom. The number of carbonyl (C=O) groups is 2. The zero-order chi connectivity index (χ0) is 20.7. The van der Waals surface area contributed by atoms with Crippen molar-refractivity contribution in [3.05, 3.63) is 51.3 Å². The predicted molar refractivity (Wildman–Crippen MR) is 113 cm³/mol. The van der Waals surface area contributed by atoms with E-state index in [9.17, 15) is 9.59 Å². The Morgan fingerprint density at radius 3 is 2.45 bits per heavy atom. The lowest BCUT2D eigenvalue weighted by Gasteiger charge is -2.37. The zero-order valence-corrected chi connectivity index (χ0v) is 17.9. The van der Waals surface area contributed by atoms with E-state index in [0.717, 1.165) is 4.88 Å². The number of hydrogen-bond donors (Lipinski definition) is 0. The van der Waals surface area contributed by atoms with E-state index in [0.29, 0.717) is 40.8 Å². The molecule has 0 spiro atoms. The Kier molecular flexibility index (Phi) is 5.38. The van der Waals surface area contributed by atoms with Gasteiger partial charge in [0.2, 0.25) is 0 Å². The molecule has 3 heterocycles. The summed E-state index contributed by atoms with van der Waals surface area (Å²) in [5.74, 6) is -0.210. The monoisotopic (exact) mass is 432 g/mol. The van der Waals surface area contributed by atoms with Gasteiger partial charge in [-0.3, -0.25) is 9.59 Å². The number of benzene rings is 1. The van der Waals surface area contributed by atoms with Gasteiger partial charge in [0.05, 0.1) is 35.6 Å². The van der Waals surface area contributed by atoms with Gasteiger partial charge in [-0.2, -0.15) is 0 Å². The van der Waals surface area contributed by atoms with Crippen molar-refractivity contribution in [2.24, 2.45) is 0 Å². The van der Waals surface area contributed by atoms with E-state index in [-0.39, 0.29) is 24.0 Å². The summed E-state index contributed by atoms with van der Waals surface area (Å²) in [5, 5.41) is 2.24. The van der Waals surface area contributed by atoms with Crippen LogP contribution < -0.4 is 9.64 Å². The second kappa shape index (κ2) is 7.82. The van der Waals surface area contributed by atoms with Crippen LogP contribution in [0.25, 0.3) is 5.57 Å². The van der Waals surface area contributed by atoms with Crippen LogP contribution in [0.2, 0.25) is 5.02 Å². The second-order valence-electron chi connectivity index (χ2n) is 7.13. The average molecular weight is 433 g/mol. The summed E-state index contributed by atoms with van der Waals surface area (Å²) >= 11 is 7.69. The van der Waals surface area contributed by atoms with Crippen molar-refractivity contribution < 1.29 is 19.1 Å². The molecular formula is C21H21ClN2O4S. The number of thiophene rings is 1. The average Bonchev–Trinajstić information content (AvgIpc) is 3.27. The number of carbonyl (C=O) groups excluding carboxylic acids is 2. The number of nitrogens with zero attached hydrogens (tertiary/aromatic N) is 2. The van der Waals surface area contributed by atoms with Crippen molar-refractivity contribution in [3.8, 4) is 5.75 Å². The SMILES string of the molecule is COc1ccc(N2C(=O)C(c3cccs3)=C(N3CC(C)OC(C)C3)C2=O)cc1Cl. The second-order valence-corrected chi connectivity index (χ2v) is 8.48. The van der Waals surface area contributed by atoms with E-state index in [4.69, 9.17) is 21.1 Å². The van der Waals surface area contributed by atoms with Crippen LogP contribution in [0.3, 0.4) is 0 Å². The van der Waals surface area contributed by atoms with Crippen molar-refractivity contribution in [2.45, 2.75) is 26.1 Å². The van der Waals surface area contributed by atoms with Gasteiger partial charge in [-0.1, -0.05) is 17.7 Å². The third-order valence-corrected chi connectivity index (χ3v) is 6.14. The van der Waals surface area contributed by atoms with Crippen molar-refractivity contribution in [2.75, 3.05) is 25.1 Å². The van der Waals surface area contributed by atoms with Crippen LogP contribution in [-0.2, 0) is 14.3 Å². The topological polar surface area (TPSA) is 59.1 Å². The fourth-order valence-electron chi connectivity index (χ4n) is 3.84. The van der Waals surface area contributed by atoms with Crippen molar-refractivity contribution in [1.82, 2.24) is 4.90 Å². The molecule has 4 rings (SSSR count). The first-order valence-corrected chi connectivity index (χ1v) is 10.6. The molecule has 0 aliphatic carbocycles. The summed E-state index contributed by atoms with van der Waals surface area (Å²) in [6.45, 7) is 5.03. The van der Waals surface area contributed by atoms with Crippen molar-refractivity contribution >= 4 is 46.0 Å². The van der Waals surface area contributed by atoms with E-state index in [2.05, 4.69) is 0 Å². The highest BCUT2D eigenvalue weighted by molar-refractivity contribution is 7.11. The van der Waals surface area contributed by atoms with Gasteiger partial charge in [0.1, 0.15) is 11.4 Å². The highest BCUT2D eigenvalue weighted by atomic mass is 35.5. The first kappa shape index (κ1) is 19.9. The minimum absolute atomic E-state index is 0.0387. The molecule has 152 valence electrons. The van der Waals surface area contributed by atoms with Crippen LogP contribution in [0.15, 0.2) is 41.4 Å². The third-order valence-electron chi connectivity index (χ3n) is 4.96. The molecule has 8 heteroatoms. The number of anilines is 1. The number of methoxy groups -OCH3 is 1. The standard InChI is InChI=1S/C21H21ClN2O4S/c1-12-10-23(11-13(2)28-12)19-18(17-5-4-8-29-17)20(25)24(21(19)26)14-6-7-16(27-3)15(22)9-14/h4-9,12-13H,10-11H2,1-3H3. The number of halogens is 1. The molecule has 0 bridgehead atoms. The molecule has 2 aliphatic heterocycles. The largest absolute Gasteiger partial charge is 0.495 e. The van der Waals surface area contributed by atoms with Gasteiger partial charge >= 0.3 is 0 Å². The van der Waals surface area contributed by atoms with E-state index < -0.39 is 0 Å². The van der Waals surface area contributed by atoms with Crippen molar-refractivity contribution in [1.29, 1.82) is 0 Å². The van der Waals surface area contributed by atoms with Gasteiger partial charge in [-0.25, -0.2) is 4.90 Å². The highest BCUT2D eigenvalue weighted by Crippen LogP contribution is 2.39. The Bertz CT molecular complexity index is 979. The Morgan fingerprint density at radius 2 is 1.86 bits per heavy atom. The minimum atomic E-state index is -0.347. The number of ether oxygens (including phenoxy) is 2. The third kappa shape index (κ3) is 3.54. The molecule has 1 fully saturated rings. The Labute approximate surface area is 178 Å². The molecule has 0 N–H and O–H groups in total. The molecule has 1 aromatic carbocycles. The summed E-state index contributed by atoms with van der Waals surface area (Å²) in [6, 6.07) is 8.64. The van der Waals surface area contributed by atoms with E-state index in [1.54, 1.807) is 18.2 Å². The van der Waals surface area contributed by atoms with Crippen LogP contribution >= 0.6 is 22.9 Å². The zero-order valence-electron chi connectivity index (χ0n) is 16.3. The molecule has 29 heavy (non-hydrogen) atoms. The van der Waals surface area contributed by atoms with Gasteiger partial charge in [-0.05, 0) is 43.5 Å². The van der Waals surface area contributed by atoms with Crippen LogP contribution in [0.4, 0.5) is 5.69 Å². The van der Waals surface area contributed by atoms with Crippen molar-refractivity contribution in [3.63, 3.8) is 0 Å². The maximum Gasteiger partial charge on any atom is 0.282 e. The minimum Gasteiger partial charge on any atom is -0.495 e. The van der Waals surface area contributed by atoms with Crippen LogP contribution in [0.1, 0.15) is 18.7 Å². The maximum absolute atomic E-state index is 13.5. The summed E-state index contributed by atoms with van der Waals surface area (Å²) in [7, 11) is 1.52. The number of hydrogen-bond acceptors (Lipinski definition) is 6.